The Balaban J connectivity index is 0.00000141. The summed E-state index contributed by atoms with van der Waals surface area (Å²) in [5, 5.41) is 30.7. The molecule has 174 valence electrons. The van der Waals surface area contributed by atoms with Crippen LogP contribution in [0.1, 0.15) is 18.4 Å². The van der Waals surface area contributed by atoms with Crippen LogP contribution in [0.3, 0.4) is 0 Å². The third kappa shape index (κ3) is 4.96. The SMILES string of the molecule is CI.Oc1cc(F)c(N2CC[C@@](O)(COc3ccc(F)c4c3CCC=N4)[C@H](O)C2)c(F)c1. The van der Waals surface area contributed by atoms with Gasteiger partial charge in [-0.3, -0.25) is 4.99 Å². The number of hydrogen-bond acceptors (Lipinski definition) is 6. The standard InChI is InChI=1S/C21H21F3N2O4.CH3I/c22-14-3-4-17(13-2-1-6-25-19(13)14)30-11-21(29)5-7-26(10-18(21)28)20-15(23)8-12(27)9-16(20)24;1-2/h3-4,6,8-9,18,27-29H,1-2,5,7,10-11H2;1H3/t18-,21-;/m1./s1. The van der Waals surface area contributed by atoms with Crippen LogP contribution in [0, 0.1) is 17.5 Å². The van der Waals surface area contributed by atoms with Gasteiger partial charge in [0, 0.05) is 37.0 Å². The Labute approximate surface area is 197 Å². The van der Waals surface area contributed by atoms with Crippen molar-refractivity contribution >= 4 is 40.2 Å². The molecule has 0 aliphatic carbocycles. The fourth-order valence-corrected chi connectivity index (χ4v) is 3.86. The molecular formula is C22H24F3IN2O4. The summed E-state index contributed by atoms with van der Waals surface area (Å²) in [5.41, 5.74) is -1.22. The minimum Gasteiger partial charge on any atom is -0.508 e. The van der Waals surface area contributed by atoms with E-state index in [-0.39, 0.29) is 37.5 Å². The van der Waals surface area contributed by atoms with Crippen LogP contribution in [0.25, 0.3) is 0 Å². The monoisotopic (exact) mass is 564 g/mol. The summed E-state index contributed by atoms with van der Waals surface area (Å²) in [6.45, 7) is -0.448. The van der Waals surface area contributed by atoms with Crippen molar-refractivity contribution in [3.8, 4) is 11.5 Å². The van der Waals surface area contributed by atoms with Gasteiger partial charge in [0.25, 0.3) is 0 Å². The summed E-state index contributed by atoms with van der Waals surface area (Å²) < 4.78 is 47.9. The molecule has 10 heteroatoms. The lowest BCUT2D eigenvalue weighted by Gasteiger charge is -2.42. The number of ether oxygens (including phenoxy) is 1. The first-order valence-electron chi connectivity index (χ1n) is 9.96. The molecule has 2 aromatic rings. The largest absolute Gasteiger partial charge is 0.508 e. The molecule has 2 heterocycles. The summed E-state index contributed by atoms with van der Waals surface area (Å²) in [5.74, 6) is -2.54. The summed E-state index contributed by atoms with van der Waals surface area (Å²) in [6.07, 6.45) is 1.44. The van der Waals surface area contributed by atoms with E-state index in [1.54, 1.807) is 6.21 Å². The summed E-state index contributed by atoms with van der Waals surface area (Å²) in [6, 6.07) is 4.26. The van der Waals surface area contributed by atoms with Crippen molar-refractivity contribution in [2.75, 3.05) is 29.5 Å². The smallest absolute Gasteiger partial charge is 0.153 e. The molecule has 2 atom stereocenters. The number of aromatic hydroxyl groups is 1. The molecule has 6 nitrogen and oxygen atoms in total. The van der Waals surface area contributed by atoms with E-state index in [4.69, 9.17) is 4.74 Å². The van der Waals surface area contributed by atoms with Crippen LogP contribution in [0.4, 0.5) is 24.5 Å². The number of aliphatic imine (C=N–C) groups is 1. The lowest BCUT2D eigenvalue weighted by Crippen LogP contribution is -2.58. The second-order valence-corrected chi connectivity index (χ2v) is 7.59. The van der Waals surface area contributed by atoms with Crippen molar-refractivity contribution in [3.05, 3.63) is 47.3 Å². The number of β-amino-alcohol motifs (C(OH)–C–C–N with tert-alkyl or cyclic N) is 1. The van der Waals surface area contributed by atoms with Gasteiger partial charge in [-0.25, -0.2) is 13.2 Å². The zero-order valence-corrected chi connectivity index (χ0v) is 19.5. The number of phenolic OH excluding ortho intramolecular Hbond substituents is 1. The van der Waals surface area contributed by atoms with Crippen LogP contribution in [0.15, 0.2) is 29.3 Å². The van der Waals surface area contributed by atoms with Crippen molar-refractivity contribution in [1.82, 2.24) is 0 Å². The van der Waals surface area contributed by atoms with Crippen LogP contribution >= 0.6 is 22.6 Å². The van der Waals surface area contributed by atoms with Crippen molar-refractivity contribution in [2.45, 2.75) is 31.0 Å². The Hall–Kier alpha value is -2.05. The minimum atomic E-state index is -1.65. The van der Waals surface area contributed by atoms with Gasteiger partial charge in [0.15, 0.2) is 11.6 Å². The average Bonchev–Trinajstić information content (AvgIpc) is 2.77. The first kappa shape index (κ1) is 24.6. The second kappa shape index (κ2) is 10.3. The van der Waals surface area contributed by atoms with E-state index >= 15 is 0 Å². The van der Waals surface area contributed by atoms with Gasteiger partial charge in [-0.2, -0.15) is 0 Å². The van der Waals surface area contributed by atoms with Crippen LogP contribution in [0.5, 0.6) is 11.5 Å². The highest BCUT2D eigenvalue weighted by Crippen LogP contribution is 2.36. The van der Waals surface area contributed by atoms with Crippen LogP contribution in [-0.4, -0.2) is 57.9 Å². The molecule has 0 amide bonds. The summed E-state index contributed by atoms with van der Waals surface area (Å²) >= 11 is 2.15. The number of rotatable bonds is 4. The molecule has 0 aromatic heterocycles. The Morgan fingerprint density at radius 1 is 1.19 bits per heavy atom. The topological polar surface area (TPSA) is 85.5 Å². The average molecular weight is 564 g/mol. The van der Waals surface area contributed by atoms with E-state index in [0.29, 0.717) is 24.2 Å². The zero-order chi connectivity index (χ0) is 23.5. The maximum atomic E-state index is 14.1. The maximum Gasteiger partial charge on any atom is 0.153 e. The van der Waals surface area contributed by atoms with Gasteiger partial charge in [-0.05, 0) is 36.3 Å². The van der Waals surface area contributed by atoms with Crippen LogP contribution in [0.2, 0.25) is 0 Å². The fourth-order valence-electron chi connectivity index (χ4n) is 3.86. The van der Waals surface area contributed by atoms with E-state index < -0.39 is 34.9 Å². The lowest BCUT2D eigenvalue weighted by molar-refractivity contribution is -0.109. The first-order chi connectivity index (χ1) is 15.3. The predicted molar refractivity (Wildman–Crippen MR) is 124 cm³/mol. The number of anilines is 1. The second-order valence-electron chi connectivity index (χ2n) is 7.59. The van der Waals surface area contributed by atoms with Crippen molar-refractivity contribution in [3.63, 3.8) is 0 Å². The van der Waals surface area contributed by atoms with Gasteiger partial charge in [0.1, 0.15) is 47.0 Å². The van der Waals surface area contributed by atoms with E-state index in [9.17, 15) is 28.5 Å². The van der Waals surface area contributed by atoms with E-state index in [1.807, 2.05) is 4.93 Å². The lowest BCUT2D eigenvalue weighted by atomic mass is 9.89. The predicted octanol–water partition coefficient (Wildman–Crippen LogP) is 3.89. The van der Waals surface area contributed by atoms with Crippen molar-refractivity contribution in [1.29, 1.82) is 0 Å². The number of piperidine rings is 1. The third-order valence-electron chi connectivity index (χ3n) is 5.56. The van der Waals surface area contributed by atoms with E-state index in [0.717, 1.165) is 12.1 Å². The molecule has 2 aromatic carbocycles. The van der Waals surface area contributed by atoms with Gasteiger partial charge in [0.05, 0.1) is 0 Å². The van der Waals surface area contributed by atoms with Crippen LogP contribution < -0.4 is 9.64 Å². The van der Waals surface area contributed by atoms with Gasteiger partial charge in [0.2, 0.25) is 0 Å². The highest BCUT2D eigenvalue weighted by molar-refractivity contribution is 14.1. The highest BCUT2D eigenvalue weighted by atomic mass is 127. The minimum absolute atomic E-state index is 0.0184. The molecule has 4 rings (SSSR count). The van der Waals surface area contributed by atoms with Crippen molar-refractivity contribution in [2.24, 2.45) is 4.99 Å². The first-order valence-corrected chi connectivity index (χ1v) is 12.1. The quantitative estimate of drug-likeness (QED) is 0.388. The molecule has 32 heavy (non-hydrogen) atoms. The van der Waals surface area contributed by atoms with Crippen molar-refractivity contribution < 1.29 is 33.2 Å². The number of benzene rings is 2. The number of nitrogens with zero attached hydrogens (tertiary/aromatic N) is 2. The van der Waals surface area contributed by atoms with E-state index in [1.165, 1.54) is 17.0 Å². The Morgan fingerprint density at radius 3 is 2.53 bits per heavy atom. The number of hydrogen-bond donors (Lipinski definition) is 3. The summed E-state index contributed by atoms with van der Waals surface area (Å²) in [7, 11) is 0. The maximum absolute atomic E-state index is 14.1. The number of halogens is 4. The molecule has 3 N–H and O–H groups in total. The van der Waals surface area contributed by atoms with Gasteiger partial charge in [-0.1, -0.05) is 22.6 Å². The molecule has 1 fully saturated rings. The normalized spacial score (nSPS) is 22.1. The number of fused-ring (bicyclic) bond motifs is 1. The molecule has 0 bridgehead atoms. The number of alkyl halides is 1. The Bertz CT molecular complexity index is 984. The van der Waals surface area contributed by atoms with Gasteiger partial charge in [-0.15, -0.1) is 0 Å². The highest BCUT2D eigenvalue weighted by Gasteiger charge is 2.42. The Kier molecular flexibility index (Phi) is 7.88. The molecular weight excluding hydrogens is 540 g/mol. The number of aliphatic hydroxyl groups is 2. The molecule has 0 spiro atoms. The van der Waals surface area contributed by atoms with Gasteiger partial charge >= 0.3 is 0 Å². The molecule has 0 unspecified atom stereocenters. The summed E-state index contributed by atoms with van der Waals surface area (Å²) in [4.78, 5) is 7.30. The third-order valence-corrected chi connectivity index (χ3v) is 5.56. The molecule has 0 saturated carbocycles. The molecule has 1 saturated heterocycles. The molecule has 2 aliphatic heterocycles. The van der Waals surface area contributed by atoms with Crippen LogP contribution in [-0.2, 0) is 6.42 Å². The van der Waals surface area contributed by atoms with E-state index in [2.05, 4.69) is 27.6 Å². The molecule has 2 aliphatic rings. The van der Waals surface area contributed by atoms with Gasteiger partial charge < -0.3 is 25.0 Å². The number of phenols is 1. The molecule has 0 radical (unpaired) electrons. The fraction of sp³-hybridized carbons (Fsp3) is 0.409. The zero-order valence-electron chi connectivity index (χ0n) is 17.4. The number of aliphatic hydroxyl groups excluding tert-OH is 1. The Morgan fingerprint density at radius 2 is 1.88 bits per heavy atom.